The lowest BCUT2D eigenvalue weighted by Gasteiger charge is -2.39. The summed E-state index contributed by atoms with van der Waals surface area (Å²) in [5.74, 6) is 0.939. The molecule has 1 saturated carbocycles. The van der Waals surface area contributed by atoms with Gasteiger partial charge in [-0.2, -0.15) is 0 Å². The Morgan fingerprint density at radius 2 is 2.40 bits per heavy atom. The van der Waals surface area contributed by atoms with E-state index in [1.165, 1.54) is 12.8 Å². The largest absolute Gasteiger partial charge is 0.347 e. The first-order valence-corrected chi connectivity index (χ1v) is 5.57. The van der Waals surface area contributed by atoms with Crippen LogP contribution in [0.1, 0.15) is 31.5 Å². The van der Waals surface area contributed by atoms with Crippen molar-refractivity contribution in [2.24, 2.45) is 5.73 Å². The van der Waals surface area contributed by atoms with Crippen molar-refractivity contribution < 1.29 is 0 Å². The second kappa shape index (κ2) is 3.94. The van der Waals surface area contributed by atoms with Crippen molar-refractivity contribution in [3.05, 3.63) is 18.2 Å². The van der Waals surface area contributed by atoms with Crippen LogP contribution in [-0.4, -0.2) is 35.0 Å². The van der Waals surface area contributed by atoms with Crippen molar-refractivity contribution in [3.63, 3.8) is 0 Å². The summed E-state index contributed by atoms with van der Waals surface area (Å²) in [5.41, 5.74) is 6.18. The standard InChI is InChI=1S/C11H20N4/c1-15(2)9-4-3-5-11(12,8-9)10-13-6-7-14-10/h6-7,9H,3-5,8,12H2,1-2H3,(H,13,14). The predicted octanol–water partition coefficient (Wildman–Crippen LogP) is 1.07. The van der Waals surface area contributed by atoms with Gasteiger partial charge in [0.15, 0.2) is 0 Å². The van der Waals surface area contributed by atoms with Crippen molar-refractivity contribution >= 4 is 0 Å². The lowest BCUT2D eigenvalue weighted by atomic mass is 9.79. The molecular weight excluding hydrogens is 188 g/mol. The number of H-pyrrole nitrogens is 1. The summed E-state index contributed by atoms with van der Waals surface area (Å²) in [4.78, 5) is 9.73. The van der Waals surface area contributed by atoms with Crippen LogP contribution in [0.3, 0.4) is 0 Å². The Balaban J connectivity index is 2.15. The number of rotatable bonds is 2. The zero-order chi connectivity index (χ0) is 10.9. The predicted molar refractivity (Wildman–Crippen MR) is 60.4 cm³/mol. The van der Waals surface area contributed by atoms with E-state index in [4.69, 9.17) is 5.73 Å². The maximum atomic E-state index is 6.43. The molecule has 0 radical (unpaired) electrons. The summed E-state index contributed by atoms with van der Waals surface area (Å²) in [5, 5.41) is 0. The maximum Gasteiger partial charge on any atom is 0.126 e. The highest BCUT2D eigenvalue weighted by Gasteiger charge is 2.36. The van der Waals surface area contributed by atoms with E-state index in [0.717, 1.165) is 18.7 Å². The molecule has 4 nitrogen and oxygen atoms in total. The average molecular weight is 208 g/mol. The Morgan fingerprint density at radius 1 is 1.60 bits per heavy atom. The van der Waals surface area contributed by atoms with Crippen LogP contribution in [0.4, 0.5) is 0 Å². The topological polar surface area (TPSA) is 57.9 Å². The van der Waals surface area contributed by atoms with E-state index < -0.39 is 0 Å². The van der Waals surface area contributed by atoms with E-state index in [0.29, 0.717) is 6.04 Å². The second-order valence-corrected chi connectivity index (χ2v) is 4.81. The third-order valence-electron chi connectivity index (χ3n) is 3.46. The van der Waals surface area contributed by atoms with Gasteiger partial charge in [-0.15, -0.1) is 0 Å². The molecular formula is C11H20N4. The van der Waals surface area contributed by atoms with Gasteiger partial charge in [0.2, 0.25) is 0 Å². The molecule has 0 spiro atoms. The van der Waals surface area contributed by atoms with Gasteiger partial charge in [-0.3, -0.25) is 0 Å². The van der Waals surface area contributed by atoms with Crippen LogP contribution in [-0.2, 0) is 5.54 Å². The monoisotopic (exact) mass is 208 g/mol. The number of nitrogens with two attached hydrogens (primary N) is 1. The number of nitrogens with one attached hydrogen (secondary N) is 1. The molecule has 2 unspecified atom stereocenters. The fraction of sp³-hybridized carbons (Fsp3) is 0.727. The SMILES string of the molecule is CN(C)C1CCCC(N)(c2ncc[nH]2)C1. The van der Waals surface area contributed by atoms with Crippen LogP contribution in [0.15, 0.2) is 12.4 Å². The molecule has 1 aromatic rings. The van der Waals surface area contributed by atoms with E-state index >= 15 is 0 Å². The lowest BCUT2D eigenvalue weighted by molar-refractivity contribution is 0.157. The molecule has 1 aliphatic carbocycles. The van der Waals surface area contributed by atoms with Gasteiger partial charge in [0.25, 0.3) is 0 Å². The molecule has 0 bridgehead atoms. The van der Waals surface area contributed by atoms with Gasteiger partial charge in [0.1, 0.15) is 5.82 Å². The van der Waals surface area contributed by atoms with Crippen LogP contribution < -0.4 is 5.73 Å². The number of hydrogen-bond acceptors (Lipinski definition) is 3. The summed E-state index contributed by atoms with van der Waals surface area (Å²) in [6.07, 6.45) is 8.08. The fourth-order valence-electron chi connectivity index (χ4n) is 2.47. The average Bonchev–Trinajstić information content (AvgIpc) is 2.71. The Hall–Kier alpha value is -0.870. The van der Waals surface area contributed by atoms with Crippen LogP contribution in [0.2, 0.25) is 0 Å². The van der Waals surface area contributed by atoms with Crippen molar-refractivity contribution in [1.82, 2.24) is 14.9 Å². The molecule has 4 heteroatoms. The Kier molecular flexibility index (Phi) is 2.80. The summed E-state index contributed by atoms with van der Waals surface area (Å²) in [6, 6.07) is 0.578. The first-order chi connectivity index (χ1) is 7.12. The van der Waals surface area contributed by atoms with E-state index in [1.807, 2.05) is 6.20 Å². The van der Waals surface area contributed by atoms with Crippen LogP contribution in [0.5, 0.6) is 0 Å². The minimum atomic E-state index is -0.253. The molecule has 0 aliphatic heterocycles. The Bertz CT molecular complexity index is 306. The quantitative estimate of drug-likeness (QED) is 0.764. The van der Waals surface area contributed by atoms with Crippen molar-refractivity contribution in [3.8, 4) is 0 Å². The molecule has 15 heavy (non-hydrogen) atoms. The highest BCUT2D eigenvalue weighted by molar-refractivity contribution is 5.08. The van der Waals surface area contributed by atoms with E-state index in [1.54, 1.807) is 6.20 Å². The smallest absolute Gasteiger partial charge is 0.126 e. The van der Waals surface area contributed by atoms with Crippen LogP contribution in [0.25, 0.3) is 0 Å². The number of aromatic nitrogens is 2. The number of nitrogens with zero attached hydrogens (tertiary/aromatic N) is 2. The summed E-state index contributed by atoms with van der Waals surface area (Å²) >= 11 is 0. The molecule has 2 atom stereocenters. The molecule has 1 aliphatic rings. The first-order valence-electron chi connectivity index (χ1n) is 5.57. The molecule has 1 heterocycles. The first kappa shape index (κ1) is 10.6. The molecule has 2 rings (SSSR count). The van der Waals surface area contributed by atoms with Crippen molar-refractivity contribution in [2.75, 3.05) is 14.1 Å². The fourth-order valence-corrected chi connectivity index (χ4v) is 2.47. The van der Waals surface area contributed by atoms with E-state index in [9.17, 15) is 0 Å². The number of hydrogen-bond donors (Lipinski definition) is 2. The highest BCUT2D eigenvalue weighted by atomic mass is 15.1. The maximum absolute atomic E-state index is 6.43. The van der Waals surface area contributed by atoms with Gasteiger partial charge < -0.3 is 15.6 Å². The van der Waals surface area contributed by atoms with Crippen molar-refractivity contribution in [2.45, 2.75) is 37.3 Å². The molecule has 1 fully saturated rings. The molecule has 0 saturated heterocycles. The van der Waals surface area contributed by atoms with Gasteiger partial charge in [0.05, 0.1) is 5.54 Å². The number of aromatic amines is 1. The zero-order valence-corrected chi connectivity index (χ0v) is 9.53. The molecule has 0 amide bonds. The third-order valence-corrected chi connectivity index (χ3v) is 3.46. The van der Waals surface area contributed by atoms with Crippen molar-refractivity contribution in [1.29, 1.82) is 0 Å². The highest BCUT2D eigenvalue weighted by Crippen LogP contribution is 2.34. The van der Waals surface area contributed by atoms with Gasteiger partial charge >= 0.3 is 0 Å². The summed E-state index contributed by atoms with van der Waals surface area (Å²) in [6.45, 7) is 0. The molecule has 3 N–H and O–H groups in total. The van der Waals surface area contributed by atoms with Gasteiger partial charge in [-0.1, -0.05) is 0 Å². The minimum Gasteiger partial charge on any atom is -0.347 e. The zero-order valence-electron chi connectivity index (χ0n) is 9.53. The molecule has 0 aromatic carbocycles. The van der Waals surface area contributed by atoms with Gasteiger partial charge in [0, 0.05) is 18.4 Å². The van der Waals surface area contributed by atoms with Crippen LogP contribution in [0, 0.1) is 0 Å². The second-order valence-electron chi connectivity index (χ2n) is 4.81. The summed E-state index contributed by atoms with van der Waals surface area (Å²) in [7, 11) is 4.25. The summed E-state index contributed by atoms with van der Waals surface area (Å²) < 4.78 is 0. The van der Waals surface area contributed by atoms with E-state index in [-0.39, 0.29) is 5.54 Å². The van der Waals surface area contributed by atoms with Gasteiger partial charge in [-0.25, -0.2) is 4.98 Å². The molecule has 84 valence electrons. The Morgan fingerprint density at radius 3 is 3.00 bits per heavy atom. The van der Waals surface area contributed by atoms with Gasteiger partial charge in [-0.05, 0) is 39.8 Å². The number of imidazole rings is 1. The van der Waals surface area contributed by atoms with E-state index in [2.05, 4.69) is 29.0 Å². The lowest BCUT2D eigenvalue weighted by Crippen LogP contribution is -2.47. The molecule has 1 aromatic heterocycles. The third kappa shape index (κ3) is 2.06. The normalized spacial score (nSPS) is 32.1. The minimum absolute atomic E-state index is 0.253. The Labute approximate surface area is 90.9 Å². The van der Waals surface area contributed by atoms with Crippen LogP contribution >= 0.6 is 0 Å².